The van der Waals surface area contributed by atoms with E-state index in [1.165, 1.54) is 22.9 Å². The fraction of sp³-hybridized carbons (Fsp3) is 0.217. The first-order valence-corrected chi connectivity index (χ1v) is 10.2. The summed E-state index contributed by atoms with van der Waals surface area (Å²) in [6, 6.07) is 19.4. The average Bonchev–Trinajstić information content (AvgIpc) is 3.21. The van der Waals surface area contributed by atoms with Gasteiger partial charge in [-0.3, -0.25) is 9.59 Å². The Bertz CT molecular complexity index is 949. The van der Waals surface area contributed by atoms with Crippen LogP contribution in [0, 0.1) is 6.92 Å². The van der Waals surface area contributed by atoms with Crippen LogP contribution < -0.4 is 10.6 Å². The number of aryl methyl sites for hydroxylation is 1. The molecule has 2 aromatic carbocycles. The number of hydrogen-bond donors (Lipinski definition) is 2. The van der Waals surface area contributed by atoms with Crippen molar-refractivity contribution in [2.75, 3.05) is 5.32 Å². The van der Waals surface area contributed by atoms with E-state index in [2.05, 4.69) is 53.3 Å². The van der Waals surface area contributed by atoms with Crippen molar-refractivity contribution in [1.82, 2.24) is 0 Å². The van der Waals surface area contributed by atoms with Crippen LogP contribution in [0.3, 0.4) is 0 Å². The number of nitrogens with one attached hydrogen (secondary N) is 1. The van der Waals surface area contributed by atoms with E-state index >= 15 is 0 Å². The molecule has 0 spiro atoms. The third-order valence-corrected chi connectivity index (χ3v) is 5.67. The molecule has 1 amide bonds. The number of Topliss-reactive ketones (excluding diaryl/α,β-unsaturated/α-hetero) is 1. The summed E-state index contributed by atoms with van der Waals surface area (Å²) in [4.78, 5) is 25.5. The van der Waals surface area contributed by atoms with Crippen molar-refractivity contribution in [1.29, 1.82) is 0 Å². The van der Waals surface area contributed by atoms with Crippen molar-refractivity contribution < 1.29 is 14.9 Å². The summed E-state index contributed by atoms with van der Waals surface area (Å²) in [6.07, 6.45) is 0. The molecule has 0 fully saturated rings. The number of amides is 1. The van der Waals surface area contributed by atoms with Gasteiger partial charge in [-0.15, -0.1) is 11.3 Å². The smallest absolute Gasteiger partial charge is 0.282 e. The van der Waals surface area contributed by atoms with Gasteiger partial charge in [0.15, 0.2) is 11.8 Å². The zero-order valence-corrected chi connectivity index (χ0v) is 17.1. The number of benzene rings is 2. The van der Waals surface area contributed by atoms with Crippen LogP contribution in [0.25, 0.3) is 0 Å². The highest BCUT2D eigenvalue weighted by Crippen LogP contribution is 2.23. The standard InChI is InChI=1S/C23H24N2O2S/c1-15-9-11-18(12-10-15)22(21-8-5-13-28-21)24-16(2)23(27)25-20-7-4-6-19(14-20)17(3)26/h4-14,16,22,24H,1-3H3,(H,25,27)/p+1/t16-,22+/m0/s1. The fourth-order valence-electron chi connectivity index (χ4n) is 3.06. The van der Waals surface area contributed by atoms with Crippen LogP contribution in [0.5, 0.6) is 0 Å². The van der Waals surface area contributed by atoms with Gasteiger partial charge < -0.3 is 10.6 Å². The normalized spacial score (nSPS) is 13.0. The molecule has 4 nitrogen and oxygen atoms in total. The second-order valence-corrected chi connectivity index (χ2v) is 7.99. The maximum Gasteiger partial charge on any atom is 0.282 e. The van der Waals surface area contributed by atoms with Crippen molar-refractivity contribution in [3.63, 3.8) is 0 Å². The predicted octanol–water partition coefficient (Wildman–Crippen LogP) is 3.94. The second-order valence-electron chi connectivity index (χ2n) is 7.01. The molecule has 0 saturated heterocycles. The van der Waals surface area contributed by atoms with Crippen LogP contribution in [0.15, 0.2) is 66.0 Å². The minimum atomic E-state index is -0.297. The van der Waals surface area contributed by atoms with E-state index in [1.54, 1.807) is 35.6 Å². The van der Waals surface area contributed by atoms with E-state index in [9.17, 15) is 9.59 Å². The largest absolute Gasteiger partial charge is 0.326 e. The summed E-state index contributed by atoms with van der Waals surface area (Å²) in [5, 5.41) is 7.07. The Morgan fingerprint density at radius 2 is 1.79 bits per heavy atom. The van der Waals surface area contributed by atoms with Gasteiger partial charge in [-0.2, -0.15) is 0 Å². The number of carbonyl (C=O) groups is 2. The van der Waals surface area contributed by atoms with E-state index in [1.807, 2.05) is 13.0 Å². The van der Waals surface area contributed by atoms with Crippen LogP contribution in [0.1, 0.15) is 46.3 Å². The van der Waals surface area contributed by atoms with E-state index in [0.717, 1.165) is 0 Å². The molecule has 0 bridgehead atoms. The van der Waals surface area contributed by atoms with Gasteiger partial charge in [0.1, 0.15) is 6.04 Å². The molecule has 1 aromatic heterocycles. The van der Waals surface area contributed by atoms with Gasteiger partial charge in [0.2, 0.25) is 0 Å². The minimum absolute atomic E-state index is 0.0205. The second kappa shape index (κ2) is 8.95. The monoisotopic (exact) mass is 393 g/mol. The van der Waals surface area contributed by atoms with Gasteiger partial charge in [0, 0.05) is 16.8 Å². The van der Waals surface area contributed by atoms with Crippen LogP contribution in [0.2, 0.25) is 0 Å². The zero-order chi connectivity index (χ0) is 20.1. The minimum Gasteiger partial charge on any atom is -0.326 e. The molecular weight excluding hydrogens is 368 g/mol. The first-order valence-electron chi connectivity index (χ1n) is 9.31. The Labute approximate surface area is 169 Å². The van der Waals surface area contributed by atoms with Crippen LogP contribution in [0.4, 0.5) is 5.69 Å². The number of nitrogens with two attached hydrogens (primary N) is 1. The zero-order valence-electron chi connectivity index (χ0n) is 16.3. The summed E-state index contributed by atoms with van der Waals surface area (Å²) in [5.41, 5.74) is 3.61. The third kappa shape index (κ3) is 4.94. The molecule has 0 aliphatic heterocycles. The first kappa shape index (κ1) is 20.0. The molecule has 1 heterocycles. The fourth-order valence-corrected chi connectivity index (χ4v) is 3.89. The van der Waals surface area contributed by atoms with Crippen molar-refractivity contribution in [2.45, 2.75) is 32.9 Å². The summed E-state index contributed by atoms with van der Waals surface area (Å²) >= 11 is 1.69. The molecule has 28 heavy (non-hydrogen) atoms. The topological polar surface area (TPSA) is 62.8 Å². The number of carbonyl (C=O) groups excluding carboxylic acids is 2. The van der Waals surface area contributed by atoms with Crippen molar-refractivity contribution >= 4 is 28.7 Å². The SMILES string of the molecule is CC(=O)c1cccc(NC(=O)[C@H](C)[NH2+][C@H](c2ccc(C)cc2)c2cccs2)c1. The van der Waals surface area contributed by atoms with Crippen LogP contribution in [-0.4, -0.2) is 17.7 Å². The average molecular weight is 394 g/mol. The summed E-state index contributed by atoms with van der Waals surface area (Å²) < 4.78 is 0. The molecule has 0 radical (unpaired) electrons. The Kier molecular flexibility index (Phi) is 6.39. The molecular formula is C23H25N2O2S+. The van der Waals surface area contributed by atoms with E-state index < -0.39 is 0 Å². The molecule has 0 aliphatic rings. The molecule has 3 aromatic rings. The number of thiophene rings is 1. The van der Waals surface area contributed by atoms with Gasteiger partial charge in [0.05, 0.1) is 4.88 Å². The summed E-state index contributed by atoms with van der Waals surface area (Å²) in [7, 11) is 0. The molecule has 3 N–H and O–H groups in total. The highest BCUT2D eigenvalue weighted by Gasteiger charge is 2.25. The lowest BCUT2D eigenvalue weighted by atomic mass is 10.0. The predicted molar refractivity (Wildman–Crippen MR) is 114 cm³/mol. The highest BCUT2D eigenvalue weighted by molar-refractivity contribution is 7.10. The highest BCUT2D eigenvalue weighted by atomic mass is 32.1. The molecule has 5 heteroatoms. The number of hydrogen-bond acceptors (Lipinski definition) is 3. The van der Waals surface area contributed by atoms with Crippen LogP contribution >= 0.6 is 11.3 Å². The molecule has 0 saturated carbocycles. The number of rotatable bonds is 7. The Morgan fingerprint density at radius 1 is 1.04 bits per heavy atom. The Balaban J connectivity index is 1.75. The molecule has 2 atom stereocenters. The van der Waals surface area contributed by atoms with E-state index in [0.29, 0.717) is 11.3 Å². The summed E-state index contributed by atoms with van der Waals surface area (Å²) in [5.74, 6) is -0.109. The van der Waals surface area contributed by atoms with E-state index in [4.69, 9.17) is 0 Å². The number of anilines is 1. The van der Waals surface area contributed by atoms with Crippen molar-refractivity contribution in [3.05, 3.63) is 87.6 Å². The maximum atomic E-state index is 12.8. The van der Waals surface area contributed by atoms with Crippen LogP contribution in [-0.2, 0) is 4.79 Å². The lowest BCUT2D eigenvalue weighted by molar-refractivity contribution is -0.703. The van der Waals surface area contributed by atoms with Crippen molar-refractivity contribution in [2.24, 2.45) is 0 Å². The maximum absolute atomic E-state index is 12.8. The van der Waals surface area contributed by atoms with Gasteiger partial charge in [-0.1, -0.05) is 48.0 Å². The van der Waals surface area contributed by atoms with Gasteiger partial charge in [-0.05, 0) is 44.4 Å². The van der Waals surface area contributed by atoms with Crippen molar-refractivity contribution in [3.8, 4) is 0 Å². The molecule has 144 valence electrons. The molecule has 3 rings (SSSR count). The molecule has 0 aliphatic carbocycles. The summed E-state index contributed by atoms with van der Waals surface area (Å²) in [6.45, 7) is 5.49. The van der Waals surface area contributed by atoms with E-state index in [-0.39, 0.29) is 23.8 Å². The lowest BCUT2D eigenvalue weighted by Crippen LogP contribution is -2.92. The Hall–Kier alpha value is -2.76. The van der Waals surface area contributed by atoms with Gasteiger partial charge in [0.25, 0.3) is 5.91 Å². The Morgan fingerprint density at radius 3 is 2.43 bits per heavy atom. The first-order chi connectivity index (χ1) is 13.4. The molecule has 0 unspecified atom stereocenters. The quantitative estimate of drug-likeness (QED) is 0.597. The number of ketones is 1. The van der Waals surface area contributed by atoms with Gasteiger partial charge >= 0.3 is 0 Å². The lowest BCUT2D eigenvalue weighted by Gasteiger charge is -2.19. The third-order valence-electron chi connectivity index (χ3n) is 4.72. The van der Waals surface area contributed by atoms with Gasteiger partial charge in [-0.25, -0.2) is 0 Å². The number of quaternary nitrogens is 1.